The van der Waals surface area contributed by atoms with Crippen molar-refractivity contribution in [2.75, 3.05) is 24.8 Å². The van der Waals surface area contributed by atoms with Crippen LogP contribution in [0.3, 0.4) is 0 Å². The SMILES string of the molecule is COCCCn1c(SCC(=O)Nc2ccccc2)nnc1-c1ccc(Cl)cc1. The van der Waals surface area contributed by atoms with Crippen molar-refractivity contribution < 1.29 is 9.53 Å². The smallest absolute Gasteiger partial charge is 0.234 e. The maximum atomic E-state index is 12.2. The summed E-state index contributed by atoms with van der Waals surface area (Å²) in [5.74, 6) is 0.909. The van der Waals surface area contributed by atoms with Crippen LogP contribution in [0.15, 0.2) is 59.8 Å². The number of thioether (sulfide) groups is 1. The molecule has 0 saturated carbocycles. The standard InChI is InChI=1S/C20H21ClN4O2S/c1-27-13-5-12-25-19(15-8-10-16(21)11-9-15)23-24-20(25)28-14-18(26)22-17-6-3-2-4-7-17/h2-4,6-11H,5,12-14H2,1H3,(H,22,26). The highest BCUT2D eigenvalue weighted by Gasteiger charge is 2.15. The number of ether oxygens (including phenoxy) is 1. The molecule has 3 rings (SSSR count). The first-order valence-electron chi connectivity index (χ1n) is 8.83. The van der Waals surface area contributed by atoms with E-state index in [1.807, 2.05) is 59.2 Å². The molecule has 0 spiro atoms. The molecule has 6 nitrogen and oxygen atoms in total. The van der Waals surface area contributed by atoms with Gasteiger partial charge in [0, 0.05) is 36.5 Å². The summed E-state index contributed by atoms with van der Waals surface area (Å²) in [6.45, 7) is 1.33. The molecule has 0 saturated heterocycles. The lowest BCUT2D eigenvalue weighted by Crippen LogP contribution is -2.14. The van der Waals surface area contributed by atoms with Gasteiger partial charge in [-0.3, -0.25) is 4.79 Å². The Balaban J connectivity index is 1.72. The van der Waals surface area contributed by atoms with E-state index in [0.717, 1.165) is 23.5 Å². The number of benzene rings is 2. The third-order valence-electron chi connectivity index (χ3n) is 3.94. The number of hydrogen-bond acceptors (Lipinski definition) is 5. The van der Waals surface area contributed by atoms with Gasteiger partial charge in [0.1, 0.15) is 0 Å². The highest BCUT2D eigenvalue weighted by atomic mass is 35.5. The fourth-order valence-corrected chi connectivity index (χ4v) is 3.52. The van der Waals surface area contributed by atoms with Gasteiger partial charge in [-0.15, -0.1) is 10.2 Å². The Morgan fingerprint density at radius 2 is 1.89 bits per heavy atom. The average molecular weight is 417 g/mol. The lowest BCUT2D eigenvalue weighted by atomic mass is 10.2. The van der Waals surface area contributed by atoms with Gasteiger partial charge < -0.3 is 14.6 Å². The van der Waals surface area contributed by atoms with Gasteiger partial charge in [0.2, 0.25) is 5.91 Å². The summed E-state index contributed by atoms with van der Waals surface area (Å²) in [5.41, 5.74) is 1.70. The van der Waals surface area contributed by atoms with E-state index in [1.165, 1.54) is 11.8 Å². The molecule has 1 N–H and O–H groups in total. The van der Waals surface area contributed by atoms with Gasteiger partial charge in [0.25, 0.3) is 0 Å². The molecule has 0 unspecified atom stereocenters. The Morgan fingerprint density at radius 3 is 2.61 bits per heavy atom. The molecule has 146 valence electrons. The number of hydrogen-bond donors (Lipinski definition) is 1. The van der Waals surface area contributed by atoms with E-state index < -0.39 is 0 Å². The molecular weight excluding hydrogens is 396 g/mol. The number of aromatic nitrogens is 3. The van der Waals surface area contributed by atoms with Gasteiger partial charge in [0.05, 0.1) is 5.75 Å². The number of para-hydroxylation sites is 1. The molecule has 1 aromatic heterocycles. The number of methoxy groups -OCH3 is 1. The number of halogens is 1. The molecule has 0 aliphatic carbocycles. The number of carbonyl (C=O) groups is 1. The molecule has 0 atom stereocenters. The fraction of sp³-hybridized carbons (Fsp3) is 0.250. The van der Waals surface area contributed by atoms with E-state index >= 15 is 0 Å². The minimum absolute atomic E-state index is 0.0873. The first-order valence-corrected chi connectivity index (χ1v) is 10.2. The largest absolute Gasteiger partial charge is 0.385 e. The molecule has 0 radical (unpaired) electrons. The van der Waals surface area contributed by atoms with Gasteiger partial charge in [-0.1, -0.05) is 41.6 Å². The van der Waals surface area contributed by atoms with Crippen molar-refractivity contribution in [2.45, 2.75) is 18.1 Å². The summed E-state index contributed by atoms with van der Waals surface area (Å²) in [7, 11) is 1.68. The summed E-state index contributed by atoms with van der Waals surface area (Å²) in [6, 6.07) is 16.9. The second kappa shape index (κ2) is 10.3. The fourth-order valence-electron chi connectivity index (χ4n) is 2.63. The number of rotatable bonds is 9. The van der Waals surface area contributed by atoms with Crippen molar-refractivity contribution in [3.63, 3.8) is 0 Å². The van der Waals surface area contributed by atoms with E-state index in [-0.39, 0.29) is 11.7 Å². The van der Waals surface area contributed by atoms with Crippen LogP contribution in [0.4, 0.5) is 5.69 Å². The quantitative estimate of drug-likeness (QED) is 0.414. The Morgan fingerprint density at radius 1 is 1.14 bits per heavy atom. The van der Waals surface area contributed by atoms with Gasteiger partial charge in [-0.2, -0.15) is 0 Å². The number of anilines is 1. The second-order valence-electron chi connectivity index (χ2n) is 6.01. The van der Waals surface area contributed by atoms with Crippen LogP contribution in [0.1, 0.15) is 6.42 Å². The number of carbonyl (C=O) groups excluding carboxylic acids is 1. The molecule has 2 aromatic carbocycles. The predicted molar refractivity (Wildman–Crippen MR) is 113 cm³/mol. The van der Waals surface area contributed by atoms with Crippen LogP contribution in [-0.2, 0) is 16.1 Å². The van der Waals surface area contributed by atoms with Crippen molar-refractivity contribution in [1.29, 1.82) is 0 Å². The zero-order valence-corrected chi connectivity index (χ0v) is 17.0. The van der Waals surface area contributed by atoms with Crippen LogP contribution < -0.4 is 5.32 Å². The minimum atomic E-state index is -0.0873. The molecule has 0 fully saturated rings. The zero-order chi connectivity index (χ0) is 19.8. The molecule has 3 aromatic rings. The summed E-state index contributed by atoms with van der Waals surface area (Å²) in [6.07, 6.45) is 0.818. The molecule has 0 aliphatic heterocycles. The summed E-state index contributed by atoms with van der Waals surface area (Å²) in [5, 5.41) is 12.9. The molecular formula is C20H21ClN4O2S. The van der Waals surface area contributed by atoms with Crippen LogP contribution in [0, 0.1) is 0 Å². The first kappa shape index (κ1) is 20.4. The minimum Gasteiger partial charge on any atom is -0.385 e. The molecule has 8 heteroatoms. The summed E-state index contributed by atoms with van der Waals surface area (Å²) in [4.78, 5) is 12.2. The van der Waals surface area contributed by atoms with E-state index in [1.54, 1.807) is 7.11 Å². The highest BCUT2D eigenvalue weighted by molar-refractivity contribution is 7.99. The molecule has 0 bridgehead atoms. The second-order valence-corrected chi connectivity index (χ2v) is 7.39. The molecule has 28 heavy (non-hydrogen) atoms. The van der Waals surface area contributed by atoms with E-state index in [2.05, 4.69) is 15.5 Å². The van der Waals surface area contributed by atoms with Crippen LogP contribution in [0.5, 0.6) is 0 Å². The maximum Gasteiger partial charge on any atom is 0.234 e. The highest BCUT2D eigenvalue weighted by Crippen LogP contribution is 2.25. The van der Waals surface area contributed by atoms with Crippen LogP contribution in [0.25, 0.3) is 11.4 Å². The van der Waals surface area contributed by atoms with E-state index in [9.17, 15) is 4.79 Å². The van der Waals surface area contributed by atoms with E-state index in [0.29, 0.717) is 23.3 Å². The van der Waals surface area contributed by atoms with Crippen LogP contribution in [0.2, 0.25) is 5.02 Å². The lowest BCUT2D eigenvalue weighted by molar-refractivity contribution is -0.113. The van der Waals surface area contributed by atoms with Crippen molar-refractivity contribution >= 4 is 35.0 Å². The van der Waals surface area contributed by atoms with Crippen LogP contribution >= 0.6 is 23.4 Å². The predicted octanol–water partition coefficient (Wildman–Crippen LogP) is 4.37. The van der Waals surface area contributed by atoms with Gasteiger partial charge in [-0.05, 0) is 42.8 Å². The van der Waals surface area contributed by atoms with Gasteiger partial charge in [-0.25, -0.2) is 0 Å². The Kier molecular flexibility index (Phi) is 7.47. The van der Waals surface area contributed by atoms with Crippen molar-refractivity contribution in [2.24, 2.45) is 0 Å². The third-order valence-corrected chi connectivity index (χ3v) is 5.16. The number of amides is 1. The summed E-state index contributed by atoms with van der Waals surface area (Å²) >= 11 is 7.35. The van der Waals surface area contributed by atoms with E-state index in [4.69, 9.17) is 16.3 Å². The molecule has 1 amide bonds. The number of nitrogens with one attached hydrogen (secondary N) is 1. The zero-order valence-electron chi connectivity index (χ0n) is 15.5. The lowest BCUT2D eigenvalue weighted by Gasteiger charge is -2.10. The third kappa shape index (κ3) is 5.58. The van der Waals surface area contributed by atoms with Crippen molar-refractivity contribution in [1.82, 2.24) is 14.8 Å². The molecule has 0 aliphatic rings. The normalized spacial score (nSPS) is 10.8. The average Bonchev–Trinajstić information content (AvgIpc) is 3.11. The number of nitrogens with zero attached hydrogens (tertiary/aromatic N) is 3. The Hall–Kier alpha value is -2.35. The van der Waals surface area contributed by atoms with Crippen molar-refractivity contribution in [3.05, 3.63) is 59.6 Å². The maximum absolute atomic E-state index is 12.2. The van der Waals surface area contributed by atoms with Crippen LogP contribution in [-0.4, -0.2) is 40.1 Å². The Bertz CT molecular complexity index is 900. The first-order chi connectivity index (χ1) is 13.7. The summed E-state index contributed by atoms with van der Waals surface area (Å²) < 4.78 is 7.18. The Labute approximate surface area is 173 Å². The van der Waals surface area contributed by atoms with Crippen molar-refractivity contribution in [3.8, 4) is 11.4 Å². The van der Waals surface area contributed by atoms with Gasteiger partial charge >= 0.3 is 0 Å². The monoisotopic (exact) mass is 416 g/mol. The topological polar surface area (TPSA) is 69.0 Å². The van der Waals surface area contributed by atoms with Gasteiger partial charge in [0.15, 0.2) is 11.0 Å². The molecule has 1 heterocycles.